The van der Waals surface area contributed by atoms with Crippen LogP contribution in [0.25, 0.3) is 0 Å². The lowest BCUT2D eigenvalue weighted by atomic mass is 10.1. The number of rotatable bonds is 2. The van der Waals surface area contributed by atoms with E-state index < -0.39 is 5.91 Å². The molecule has 3 aliphatic rings. The number of allylic oxidation sites excluding steroid dienone is 6. The van der Waals surface area contributed by atoms with Gasteiger partial charge in [0.1, 0.15) is 0 Å². The van der Waals surface area contributed by atoms with Gasteiger partial charge in [0.15, 0.2) is 5.84 Å². The molecule has 8 nitrogen and oxygen atoms in total. The van der Waals surface area contributed by atoms with Gasteiger partial charge in [-0.25, -0.2) is 0 Å². The SMILES string of the molecule is O=C1N=C(N2C=CC(=C3C=CNC=C3)C=C2)C(=CN=NC(=O)c2cccnc2)S1. The first-order valence-electron chi connectivity index (χ1n) is 8.55. The van der Waals surface area contributed by atoms with Gasteiger partial charge in [0.2, 0.25) is 0 Å². The fraction of sp³-hybridized carbons (Fsp3) is 0. The van der Waals surface area contributed by atoms with Crippen molar-refractivity contribution in [3.05, 3.63) is 101 Å². The third kappa shape index (κ3) is 4.36. The Bertz CT molecular complexity index is 1060. The Morgan fingerprint density at radius 1 is 1.14 bits per heavy atom. The predicted molar refractivity (Wildman–Crippen MR) is 110 cm³/mol. The van der Waals surface area contributed by atoms with E-state index >= 15 is 0 Å². The normalized spacial score (nSPS) is 19.4. The molecule has 4 rings (SSSR count). The Kier molecular flexibility index (Phi) is 5.39. The molecule has 1 aromatic rings. The van der Waals surface area contributed by atoms with Crippen molar-refractivity contribution in [1.82, 2.24) is 15.2 Å². The predicted octanol–water partition coefficient (Wildman–Crippen LogP) is 4.05. The second kappa shape index (κ2) is 8.44. The summed E-state index contributed by atoms with van der Waals surface area (Å²) in [4.78, 5) is 33.9. The largest absolute Gasteiger partial charge is 0.368 e. The van der Waals surface area contributed by atoms with E-state index in [1.54, 1.807) is 23.2 Å². The maximum absolute atomic E-state index is 12.0. The number of aromatic nitrogens is 1. The number of azo groups is 1. The molecule has 0 atom stereocenters. The zero-order chi connectivity index (χ0) is 20.1. The summed E-state index contributed by atoms with van der Waals surface area (Å²) in [5.41, 5.74) is 2.43. The van der Waals surface area contributed by atoms with Crippen molar-refractivity contribution in [1.29, 1.82) is 0 Å². The highest BCUT2D eigenvalue weighted by Crippen LogP contribution is 2.30. The van der Waals surface area contributed by atoms with Crippen molar-refractivity contribution in [2.45, 2.75) is 0 Å². The monoisotopic (exact) mass is 402 g/mol. The molecule has 0 aliphatic carbocycles. The minimum absolute atomic E-state index is 0.335. The molecule has 0 fully saturated rings. The molecule has 9 heteroatoms. The van der Waals surface area contributed by atoms with E-state index in [-0.39, 0.29) is 5.24 Å². The van der Waals surface area contributed by atoms with E-state index in [0.717, 1.165) is 22.9 Å². The zero-order valence-corrected chi connectivity index (χ0v) is 15.8. The molecule has 3 aliphatic heterocycles. The molecule has 0 aromatic carbocycles. The summed E-state index contributed by atoms with van der Waals surface area (Å²) in [6.07, 6.45) is 19.5. The smallest absolute Gasteiger partial charge is 0.311 e. The van der Waals surface area contributed by atoms with Crippen LogP contribution in [0, 0.1) is 0 Å². The maximum atomic E-state index is 12.0. The van der Waals surface area contributed by atoms with Gasteiger partial charge in [0.05, 0.1) is 16.7 Å². The minimum atomic E-state index is -0.514. The fourth-order valence-electron chi connectivity index (χ4n) is 2.59. The molecule has 0 radical (unpaired) electrons. The summed E-state index contributed by atoms with van der Waals surface area (Å²) < 4.78 is 0. The molecule has 4 heterocycles. The molecule has 0 spiro atoms. The standard InChI is InChI=1S/C20H14N6O2S/c27-19(16-2-1-7-22-12-16)25-23-13-17-18(24-20(28)29-17)26-10-5-15(6-11-26)14-3-8-21-9-4-14/h1-13,21H. The number of hydrogen-bond acceptors (Lipinski definition) is 7. The molecular weight excluding hydrogens is 388 g/mol. The first-order chi connectivity index (χ1) is 14.2. The van der Waals surface area contributed by atoms with E-state index in [2.05, 4.69) is 25.5 Å². The van der Waals surface area contributed by atoms with Crippen LogP contribution in [0.2, 0.25) is 0 Å². The molecule has 0 unspecified atom stereocenters. The second-order valence-corrected chi connectivity index (χ2v) is 6.84. The van der Waals surface area contributed by atoms with E-state index in [9.17, 15) is 9.59 Å². The quantitative estimate of drug-likeness (QED) is 0.749. The number of amides is 2. The van der Waals surface area contributed by atoms with Gasteiger partial charge >= 0.3 is 5.24 Å². The van der Waals surface area contributed by atoms with Crippen molar-refractivity contribution in [2.75, 3.05) is 0 Å². The average Bonchev–Trinajstić information content (AvgIpc) is 3.15. The van der Waals surface area contributed by atoms with Crippen LogP contribution in [-0.2, 0) is 0 Å². The van der Waals surface area contributed by atoms with Crippen molar-refractivity contribution in [3.63, 3.8) is 0 Å². The molecule has 0 saturated carbocycles. The Morgan fingerprint density at radius 3 is 2.62 bits per heavy atom. The number of carbonyl (C=O) groups excluding carboxylic acids is 2. The van der Waals surface area contributed by atoms with Gasteiger partial charge in [0.25, 0.3) is 5.91 Å². The van der Waals surface area contributed by atoms with Crippen LogP contribution in [0.15, 0.2) is 111 Å². The highest BCUT2D eigenvalue weighted by atomic mass is 32.2. The molecule has 2 amide bonds. The summed E-state index contributed by atoms with van der Waals surface area (Å²) in [6, 6.07) is 3.25. The van der Waals surface area contributed by atoms with Crippen molar-refractivity contribution in [2.24, 2.45) is 15.2 Å². The molecule has 29 heavy (non-hydrogen) atoms. The summed E-state index contributed by atoms with van der Waals surface area (Å²) >= 11 is 0.933. The number of nitrogens with one attached hydrogen (secondary N) is 1. The number of dihydropyridines is 1. The van der Waals surface area contributed by atoms with Gasteiger partial charge < -0.3 is 10.2 Å². The lowest BCUT2D eigenvalue weighted by Crippen LogP contribution is -2.20. The van der Waals surface area contributed by atoms with E-state index in [1.165, 1.54) is 12.4 Å². The lowest BCUT2D eigenvalue weighted by molar-refractivity contribution is 0.0994. The molecule has 1 N–H and O–H groups in total. The van der Waals surface area contributed by atoms with Crippen molar-refractivity contribution >= 4 is 28.7 Å². The minimum Gasteiger partial charge on any atom is -0.368 e. The topological polar surface area (TPSA) is 99.4 Å². The van der Waals surface area contributed by atoms with Crippen LogP contribution in [0.3, 0.4) is 0 Å². The summed E-state index contributed by atoms with van der Waals surface area (Å²) in [5, 5.41) is 10.1. The maximum Gasteiger partial charge on any atom is 0.311 e. The average molecular weight is 402 g/mol. The molecule has 0 saturated heterocycles. The van der Waals surface area contributed by atoms with Crippen LogP contribution in [0.4, 0.5) is 4.79 Å². The number of nitrogens with zero attached hydrogens (tertiary/aromatic N) is 5. The summed E-state index contributed by atoms with van der Waals surface area (Å²) in [7, 11) is 0. The van der Waals surface area contributed by atoms with Crippen LogP contribution in [0.1, 0.15) is 10.4 Å². The van der Waals surface area contributed by atoms with Crippen molar-refractivity contribution in [3.8, 4) is 0 Å². The number of thioether (sulfide) groups is 1. The Hall–Kier alpha value is -3.85. The van der Waals surface area contributed by atoms with Crippen LogP contribution in [0.5, 0.6) is 0 Å². The Balaban J connectivity index is 1.49. The molecule has 142 valence electrons. The third-order valence-corrected chi connectivity index (χ3v) is 4.75. The van der Waals surface area contributed by atoms with E-state index in [4.69, 9.17) is 0 Å². The number of amidine groups is 1. The lowest BCUT2D eigenvalue weighted by Gasteiger charge is -2.19. The Labute approximate surface area is 170 Å². The van der Waals surface area contributed by atoms with Gasteiger partial charge in [-0.2, -0.15) is 10.1 Å². The first-order valence-corrected chi connectivity index (χ1v) is 9.37. The number of carbonyl (C=O) groups is 2. The van der Waals surface area contributed by atoms with E-state index in [1.807, 2.05) is 49.1 Å². The van der Waals surface area contributed by atoms with Gasteiger partial charge in [-0.1, -0.05) is 0 Å². The second-order valence-electron chi connectivity index (χ2n) is 5.84. The van der Waals surface area contributed by atoms with Crippen LogP contribution in [-0.4, -0.2) is 26.9 Å². The first kappa shape index (κ1) is 18.5. The summed E-state index contributed by atoms with van der Waals surface area (Å²) in [6.45, 7) is 0. The number of hydrogen-bond donors (Lipinski definition) is 1. The molecule has 1 aromatic heterocycles. The van der Waals surface area contributed by atoms with Crippen LogP contribution >= 0.6 is 11.8 Å². The van der Waals surface area contributed by atoms with Gasteiger partial charge in [-0.3, -0.25) is 14.6 Å². The zero-order valence-electron chi connectivity index (χ0n) is 15.0. The summed E-state index contributed by atoms with van der Waals surface area (Å²) in [5.74, 6) is -0.0828. The molecular formula is C20H14N6O2S. The highest BCUT2D eigenvalue weighted by Gasteiger charge is 2.25. The fourth-order valence-corrected chi connectivity index (χ4v) is 3.26. The van der Waals surface area contributed by atoms with Crippen molar-refractivity contribution < 1.29 is 9.59 Å². The molecule has 0 bridgehead atoms. The third-order valence-electron chi connectivity index (χ3n) is 3.97. The van der Waals surface area contributed by atoms with Crippen LogP contribution < -0.4 is 5.32 Å². The van der Waals surface area contributed by atoms with Gasteiger partial charge in [-0.05, 0) is 59.3 Å². The number of aliphatic imine (C=N–C) groups is 1. The Morgan fingerprint density at radius 2 is 1.90 bits per heavy atom. The van der Waals surface area contributed by atoms with Gasteiger partial charge in [0, 0.05) is 37.2 Å². The van der Waals surface area contributed by atoms with Gasteiger partial charge in [-0.15, -0.1) is 5.11 Å². The highest BCUT2D eigenvalue weighted by molar-refractivity contribution is 8.18. The number of pyridine rings is 1. The van der Waals surface area contributed by atoms with E-state index in [0.29, 0.717) is 16.3 Å².